The molecule has 0 aliphatic rings. The van der Waals surface area contributed by atoms with E-state index in [0.29, 0.717) is 0 Å². The lowest BCUT2D eigenvalue weighted by atomic mass is 10.2. The van der Waals surface area contributed by atoms with Gasteiger partial charge in [-0.05, 0) is 38.3 Å². The molecule has 2 heteroatoms. The third kappa shape index (κ3) is 5.87. The number of unbranched alkanes of at least 4 members (excludes halogenated alkanes) is 3. The number of ether oxygens (including phenoxy) is 1. The van der Waals surface area contributed by atoms with Crippen LogP contribution in [0.25, 0.3) is 0 Å². The Morgan fingerprint density at radius 2 is 2.12 bits per heavy atom. The molecule has 0 heterocycles. The van der Waals surface area contributed by atoms with E-state index in [1.54, 1.807) is 0 Å². The van der Waals surface area contributed by atoms with Crippen LogP contribution >= 0.6 is 0 Å². The van der Waals surface area contributed by atoms with Gasteiger partial charge >= 0.3 is 0 Å². The molecule has 0 bridgehead atoms. The van der Waals surface area contributed by atoms with Crippen LogP contribution in [0.3, 0.4) is 0 Å². The summed E-state index contributed by atoms with van der Waals surface area (Å²) in [6.45, 7) is 2.67. The fraction of sp³-hybridized carbons (Fsp3) is 0.467. The fourth-order valence-corrected chi connectivity index (χ4v) is 1.55. The summed E-state index contributed by atoms with van der Waals surface area (Å²) >= 11 is 0. The van der Waals surface area contributed by atoms with Gasteiger partial charge in [0.15, 0.2) is 0 Å². The van der Waals surface area contributed by atoms with Crippen molar-refractivity contribution < 1.29 is 4.74 Å². The zero-order valence-corrected chi connectivity index (χ0v) is 10.8. The minimum atomic E-state index is 0.784. The molecule has 0 radical (unpaired) electrons. The molecule has 2 nitrogen and oxygen atoms in total. The van der Waals surface area contributed by atoms with Crippen molar-refractivity contribution in [3.05, 3.63) is 24.3 Å². The van der Waals surface area contributed by atoms with Crippen molar-refractivity contribution in [2.75, 3.05) is 19.0 Å². The van der Waals surface area contributed by atoms with Crippen LogP contribution in [-0.4, -0.2) is 13.7 Å². The van der Waals surface area contributed by atoms with Crippen molar-refractivity contribution in [2.24, 2.45) is 0 Å². The highest BCUT2D eigenvalue weighted by molar-refractivity contribution is 5.47. The average Bonchev–Trinajstić information content (AvgIpc) is 2.38. The van der Waals surface area contributed by atoms with E-state index in [1.807, 2.05) is 38.2 Å². The first kappa shape index (κ1) is 13.4. The van der Waals surface area contributed by atoms with Crippen LogP contribution in [0.5, 0.6) is 5.75 Å². The Balaban J connectivity index is 2.14. The number of rotatable bonds is 7. The van der Waals surface area contributed by atoms with Crippen molar-refractivity contribution in [3.63, 3.8) is 0 Å². The molecule has 1 N–H and O–H groups in total. The molecule has 0 aliphatic carbocycles. The predicted octanol–water partition coefficient (Wildman–Crippen LogP) is 3.69. The van der Waals surface area contributed by atoms with Crippen LogP contribution in [0.1, 0.15) is 32.6 Å². The molecule has 0 saturated heterocycles. The van der Waals surface area contributed by atoms with Crippen LogP contribution in [0.15, 0.2) is 24.3 Å². The van der Waals surface area contributed by atoms with Gasteiger partial charge in [-0.1, -0.05) is 6.07 Å². The second-order valence-electron chi connectivity index (χ2n) is 3.86. The van der Waals surface area contributed by atoms with E-state index in [4.69, 9.17) is 4.74 Å². The summed E-state index contributed by atoms with van der Waals surface area (Å²) in [5, 5.41) is 3.10. The van der Waals surface area contributed by atoms with Gasteiger partial charge in [0.2, 0.25) is 0 Å². The van der Waals surface area contributed by atoms with E-state index in [0.717, 1.165) is 30.9 Å². The molecule has 0 saturated carbocycles. The van der Waals surface area contributed by atoms with Crippen LogP contribution in [0, 0.1) is 11.8 Å². The average molecular weight is 231 g/mol. The van der Waals surface area contributed by atoms with E-state index < -0.39 is 0 Å². The maximum atomic E-state index is 5.68. The molecular formula is C15H21NO. The molecule has 0 aliphatic heterocycles. The standard InChI is InChI=1S/C15H21NO/c1-3-4-5-6-7-8-12-17-15-11-9-10-14(13-15)16-2/h9-11,13,16H,5-8,12H2,1-2H3. The topological polar surface area (TPSA) is 21.3 Å². The first-order chi connectivity index (χ1) is 8.36. The molecule has 1 aromatic carbocycles. The third-order valence-corrected chi connectivity index (χ3v) is 2.51. The van der Waals surface area contributed by atoms with Crippen LogP contribution in [0.2, 0.25) is 0 Å². The van der Waals surface area contributed by atoms with E-state index in [9.17, 15) is 0 Å². The fourth-order valence-electron chi connectivity index (χ4n) is 1.55. The molecule has 92 valence electrons. The van der Waals surface area contributed by atoms with Gasteiger partial charge in [-0.2, -0.15) is 0 Å². The summed E-state index contributed by atoms with van der Waals surface area (Å²) in [6.07, 6.45) is 4.45. The van der Waals surface area contributed by atoms with Gasteiger partial charge in [-0.25, -0.2) is 0 Å². The highest BCUT2D eigenvalue weighted by atomic mass is 16.5. The normalized spacial score (nSPS) is 9.29. The lowest BCUT2D eigenvalue weighted by Gasteiger charge is -2.07. The van der Waals surface area contributed by atoms with Gasteiger partial charge in [0.25, 0.3) is 0 Å². The van der Waals surface area contributed by atoms with Crippen molar-refractivity contribution in [1.29, 1.82) is 0 Å². The summed E-state index contributed by atoms with van der Waals surface area (Å²) in [4.78, 5) is 0. The molecule has 0 atom stereocenters. The monoisotopic (exact) mass is 231 g/mol. The second-order valence-corrected chi connectivity index (χ2v) is 3.86. The first-order valence-electron chi connectivity index (χ1n) is 6.17. The summed E-state index contributed by atoms with van der Waals surface area (Å²) in [5.74, 6) is 6.92. The molecule has 0 unspecified atom stereocenters. The minimum absolute atomic E-state index is 0.784. The van der Waals surface area contributed by atoms with Gasteiger partial charge in [0.05, 0.1) is 6.61 Å². The smallest absolute Gasteiger partial charge is 0.121 e. The minimum Gasteiger partial charge on any atom is -0.494 e. The molecule has 0 aromatic heterocycles. The van der Waals surface area contributed by atoms with Crippen molar-refractivity contribution in [2.45, 2.75) is 32.6 Å². The summed E-state index contributed by atoms with van der Waals surface area (Å²) in [7, 11) is 1.91. The summed E-state index contributed by atoms with van der Waals surface area (Å²) in [6, 6.07) is 8.03. The predicted molar refractivity (Wildman–Crippen MR) is 73.4 cm³/mol. The summed E-state index contributed by atoms with van der Waals surface area (Å²) in [5.41, 5.74) is 1.08. The maximum Gasteiger partial charge on any atom is 0.121 e. The highest BCUT2D eigenvalue weighted by Crippen LogP contribution is 2.17. The quantitative estimate of drug-likeness (QED) is 0.571. The van der Waals surface area contributed by atoms with Crippen molar-refractivity contribution in [1.82, 2.24) is 0 Å². The lowest BCUT2D eigenvalue weighted by molar-refractivity contribution is 0.306. The maximum absolute atomic E-state index is 5.68. The Hall–Kier alpha value is -1.62. The Bertz CT molecular complexity index is 376. The number of hydrogen-bond acceptors (Lipinski definition) is 2. The molecule has 0 fully saturated rings. The molecule has 0 amide bonds. The van der Waals surface area contributed by atoms with E-state index in [1.165, 1.54) is 12.8 Å². The number of nitrogens with one attached hydrogen (secondary N) is 1. The van der Waals surface area contributed by atoms with Crippen molar-refractivity contribution in [3.8, 4) is 17.6 Å². The Morgan fingerprint density at radius 3 is 2.88 bits per heavy atom. The van der Waals surface area contributed by atoms with Gasteiger partial charge in [-0.15, -0.1) is 11.8 Å². The van der Waals surface area contributed by atoms with Crippen molar-refractivity contribution >= 4 is 5.69 Å². The zero-order chi connectivity index (χ0) is 12.3. The Kier molecular flexibility index (Phi) is 6.74. The highest BCUT2D eigenvalue weighted by Gasteiger charge is 1.95. The SMILES string of the molecule is CC#CCCCCCOc1cccc(NC)c1. The van der Waals surface area contributed by atoms with Crippen LogP contribution < -0.4 is 10.1 Å². The number of anilines is 1. The lowest BCUT2D eigenvalue weighted by Crippen LogP contribution is -1.97. The van der Waals surface area contributed by atoms with Crippen LogP contribution in [-0.2, 0) is 0 Å². The molecule has 1 aromatic rings. The zero-order valence-electron chi connectivity index (χ0n) is 10.8. The molecule has 17 heavy (non-hydrogen) atoms. The number of hydrogen-bond donors (Lipinski definition) is 1. The molecular weight excluding hydrogens is 210 g/mol. The Morgan fingerprint density at radius 1 is 1.24 bits per heavy atom. The summed E-state index contributed by atoms with van der Waals surface area (Å²) < 4.78 is 5.68. The third-order valence-electron chi connectivity index (χ3n) is 2.51. The first-order valence-corrected chi connectivity index (χ1v) is 6.17. The van der Waals surface area contributed by atoms with Gasteiger partial charge < -0.3 is 10.1 Å². The van der Waals surface area contributed by atoms with Gasteiger partial charge in [0.1, 0.15) is 5.75 Å². The van der Waals surface area contributed by atoms with E-state index in [2.05, 4.69) is 17.2 Å². The van der Waals surface area contributed by atoms with Gasteiger partial charge in [-0.3, -0.25) is 0 Å². The largest absolute Gasteiger partial charge is 0.494 e. The Labute approximate surface area is 104 Å². The molecule has 1 rings (SSSR count). The number of benzene rings is 1. The van der Waals surface area contributed by atoms with E-state index >= 15 is 0 Å². The second kappa shape index (κ2) is 8.52. The van der Waals surface area contributed by atoms with Crippen LogP contribution in [0.4, 0.5) is 5.69 Å². The van der Waals surface area contributed by atoms with E-state index in [-0.39, 0.29) is 0 Å². The molecule has 0 spiro atoms. The van der Waals surface area contributed by atoms with Gasteiger partial charge in [0, 0.05) is 25.2 Å².